The minimum atomic E-state index is -0.369. The zero-order valence-corrected chi connectivity index (χ0v) is 11.8. The van der Waals surface area contributed by atoms with Gasteiger partial charge < -0.3 is 15.4 Å². The van der Waals surface area contributed by atoms with Crippen LogP contribution in [0.5, 0.6) is 11.5 Å². The molecule has 0 atom stereocenters. The maximum absolute atomic E-state index is 13.9. The summed E-state index contributed by atoms with van der Waals surface area (Å²) < 4.78 is 19.7. The Morgan fingerprint density at radius 1 is 1.15 bits per heavy atom. The van der Waals surface area contributed by atoms with Crippen LogP contribution in [0.3, 0.4) is 0 Å². The molecule has 0 aliphatic carbocycles. The van der Waals surface area contributed by atoms with Crippen LogP contribution in [-0.4, -0.2) is 20.6 Å². The summed E-state index contributed by atoms with van der Waals surface area (Å²) in [7, 11) is 3.89. The Labute approximate surface area is 118 Å². The van der Waals surface area contributed by atoms with Crippen LogP contribution in [0, 0.1) is 5.82 Å². The van der Waals surface area contributed by atoms with Crippen molar-refractivity contribution in [1.82, 2.24) is 0 Å². The molecule has 0 aromatic heterocycles. The summed E-state index contributed by atoms with van der Waals surface area (Å²) in [4.78, 5) is 1.97. The minimum absolute atomic E-state index is 0.258. The monoisotopic (exact) mass is 274 g/mol. The zero-order valence-electron chi connectivity index (χ0n) is 11.8. The number of hydrogen-bond donors (Lipinski definition) is 1. The van der Waals surface area contributed by atoms with Gasteiger partial charge in [-0.2, -0.15) is 0 Å². The van der Waals surface area contributed by atoms with Gasteiger partial charge in [-0.3, -0.25) is 0 Å². The molecule has 0 saturated heterocycles. The fraction of sp³-hybridized carbons (Fsp3) is 0.250. The highest BCUT2D eigenvalue weighted by atomic mass is 19.1. The van der Waals surface area contributed by atoms with Crippen LogP contribution in [0.2, 0.25) is 0 Å². The molecule has 0 saturated carbocycles. The Morgan fingerprint density at radius 3 is 2.60 bits per heavy atom. The van der Waals surface area contributed by atoms with Crippen LogP contribution < -0.4 is 15.4 Å². The third-order valence-electron chi connectivity index (χ3n) is 3.02. The van der Waals surface area contributed by atoms with Gasteiger partial charge in [0.2, 0.25) is 0 Å². The van der Waals surface area contributed by atoms with Gasteiger partial charge in [0, 0.05) is 25.8 Å². The second-order valence-corrected chi connectivity index (χ2v) is 4.76. The Hall–Kier alpha value is -2.07. The molecule has 20 heavy (non-hydrogen) atoms. The molecule has 2 N–H and O–H groups in total. The Bertz CT molecular complexity index is 584. The van der Waals surface area contributed by atoms with Crippen molar-refractivity contribution in [3.63, 3.8) is 0 Å². The number of ether oxygens (including phenoxy) is 1. The fourth-order valence-electron chi connectivity index (χ4n) is 1.96. The van der Waals surface area contributed by atoms with Crippen LogP contribution >= 0.6 is 0 Å². The van der Waals surface area contributed by atoms with Crippen LogP contribution in [-0.2, 0) is 6.42 Å². The van der Waals surface area contributed by atoms with Gasteiger partial charge in [-0.25, -0.2) is 4.39 Å². The lowest BCUT2D eigenvalue weighted by molar-refractivity contribution is 0.436. The SMILES string of the molecule is CN(C)c1cccc(Oc2c(F)cccc2CCN)c1. The molecule has 0 fully saturated rings. The molecule has 0 unspecified atom stereocenters. The van der Waals surface area contributed by atoms with Crippen molar-refractivity contribution in [3.8, 4) is 11.5 Å². The molecule has 2 rings (SSSR count). The van der Waals surface area contributed by atoms with E-state index in [0.29, 0.717) is 18.7 Å². The molecular formula is C16H19FN2O. The van der Waals surface area contributed by atoms with E-state index < -0.39 is 0 Å². The van der Waals surface area contributed by atoms with Crippen molar-refractivity contribution in [2.45, 2.75) is 6.42 Å². The second kappa shape index (κ2) is 6.39. The first-order chi connectivity index (χ1) is 9.61. The maximum Gasteiger partial charge on any atom is 0.166 e. The number of hydrogen-bond acceptors (Lipinski definition) is 3. The topological polar surface area (TPSA) is 38.5 Å². The molecule has 0 aliphatic rings. The number of para-hydroxylation sites is 1. The van der Waals surface area contributed by atoms with Crippen molar-refractivity contribution >= 4 is 5.69 Å². The number of halogens is 1. The minimum Gasteiger partial charge on any atom is -0.454 e. The largest absolute Gasteiger partial charge is 0.454 e. The summed E-state index contributed by atoms with van der Waals surface area (Å²) >= 11 is 0. The van der Waals surface area contributed by atoms with Crippen LogP contribution in [0.4, 0.5) is 10.1 Å². The molecule has 4 heteroatoms. The number of nitrogens with two attached hydrogens (primary N) is 1. The molecule has 106 valence electrons. The summed E-state index contributed by atoms with van der Waals surface area (Å²) in [6.45, 7) is 0.456. The summed E-state index contributed by atoms with van der Waals surface area (Å²) in [6.07, 6.45) is 0.584. The lowest BCUT2D eigenvalue weighted by Gasteiger charge is -2.15. The van der Waals surface area contributed by atoms with Gasteiger partial charge in [0.15, 0.2) is 11.6 Å². The molecule has 0 aliphatic heterocycles. The highest BCUT2D eigenvalue weighted by molar-refractivity contribution is 5.51. The average Bonchev–Trinajstić information content (AvgIpc) is 2.43. The van der Waals surface area contributed by atoms with E-state index in [-0.39, 0.29) is 11.6 Å². The van der Waals surface area contributed by atoms with Crippen molar-refractivity contribution in [2.24, 2.45) is 5.73 Å². The normalized spacial score (nSPS) is 10.4. The van der Waals surface area contributed by atoms with Gasteiger partial charge in [-0.15, -0.1) is 0 Å². The van der Waals surface area contributed by atoms with Gasteiger partial charge in [-0.05, 0) is 36.7 Å². The van der Waals surface area contributed by atoms with Gasteiger partial charge in [0.05, 0.1) is 0 Å². The van der Waals surface area contributed by atoms with Crippen molar-refractivity contribution in [1.29, 1.82) is 0 Å². The van der Waals surface area contributed by atoms with E-state index >= 15 is 0 Å². The molecule has 3 nitrogen and oxygen atoms in total. The zero-order chi connectivity index (χ0) is 14.5. The molecule has 0 bridgehead atoms. The van der Waals surface area contributed by atoms with Gasteiger partial charge in [0.25, 0.3) is 0 Å². The van der Waals surface area contributed by atoms with E-state index in [9.17, 15) is 4.39 Å². The summed E-state index contributed by atoms with van der Waals surface area (Å²) in [6, 6.07) is 12.4. The molecule has 0 radical (unpaired) electrons. The van der Waals surface area contributed by atoms with Crippen molar-refractivity contribution < 1.29 is 9.13 Å². The van der Waals surface area contributed by atoms with E-state index in [2.05, 4.69) is 0 Å². The number of nitrogens with zero attached hydrogens (tertiary/aromatic N) is 1. The molecule has 2 aromatic rings. The summed E-state index contributed by atoms with van der Waals surface area (Å²) in [5.41, 5.74) is 7.33. The fourth-order valence-corrected chi connectivity index (χ4v) is 1.96. The summed E-state index contributed by atoms with van der Waals surface area (Å²) in [5.74, 6) is 0.500. The standard InChI is InChI=1S/C16H19FN2O/c1-19(2)13-6-4-7-14(11-13)20-16-12(9-10-18)5-3-8-15(16)17/h3-8,11H,9-10,18H2,1-2H3. The second-order valence-electron chi connectivity index (χ2n) is 4.76. The van der Waals surface area contributed by atoms with Gasteiger partial charge in [0.1, 0.15) is 5.75 Å². The first kappa shape index (κ1) is 14.3. The highest BCUT2D eigenvalue weighted by Crippen LogP contribution is 2.30. The molecule has 0 spiro atoms. The van der Waals surface area contributed by atoms with E-state index in [1.54, 1.807) is 6.07 Å². The molecular weight excluding hydrogens is 255 g/mol. The van der Waals surface area contributed by atoms with E-state index in [0.717, 1.165) is 11.3 Å². The Kier molecular flexibility index (Phi) is 4.58. The average molecular weight is 274 g/mol. The predicted molar refractivity (Wildman–Crippen MR) is 80.0 cm³/mol. The van der Waals surface area contributed by atoms with Crippen molar-refractivity contribution in [2.75, 3.05) is 25.5 Å². The number of benzene rings is 2. The maximum atomic E-state index is 13.9. The first-order valence-electron chi connectivity index (χ1n) is 6.54. The third-order valence-corrected chi connectivity index (χ3v) is 3.02. The third kappa shape index (κ3) is 3.27. The number of anilines is 1. The smallest absolute Gasteiger partial charge is 0.166 e. The summed E-state index contributed by atoms with van der Waals surface area (Å²) in [5, 5.41) is 0. The molecule has 0 amide bonds. The van der Waals surface area contributed by atoms with E-state index in [4.69, 9.17) is 10.5 Å². The lowest BCUT2D eigenvalue weighted by atomic mass is 10.1. The Balaban J connectivity index is 2.32. The number of rotatable bonds is 5. The van der Waals surface area contributed by atoms with Crippen LogP contribution in [0.25, 0.3) is 0 Å². The van der Waals surface area contributed by atoms with Crippen molar-refractivity contribution in [3.05, 3.63) is 53.8 Å². The first-order valence-corrected chi connectivity index (χ1v) is 6.54. The van der Waals surface area contributed by atoms with Gasteiger partial charge in [-0.1, -0.05) is 18.2 Å². The highest BCUT2D eigenvalue weighted by Gasteiger charge is 2.11. The lowest BCUT2D eigenvalue weighted by Crippen LogP contribution is -2.08. The predicted octanol–water partition coefficient (Wildman–Crippen LogP) is 3.19. The van der Waals surface area contributed by atoms with E-state index in [1.165, 1.54) is 6.07 Å². The molecule has 0 heterocycles. The molecule has 2 aromatic carbocycles. The van der Waals surface area contributed by atoms with Crippen LogP contribution in [0.1, 0.15) is 5.56 Å². The quantitative estimate of drug-likeness (QED) is 0.910. The van der Waals surface area contributed by atoms with Crippen LogP contribution in [0.15, 0.2) is 42.5 Å². The van der Waals surface area contributed by atoms with E-state index in [1.807, 2.05) is 49.3 Å². The Morgan fingerprint density at radius 2 is 1.90 bits per heavy atom. The van der Waals surface area contributed by atoms with Gasteiger partial charge >= 0.3 is 0 Å².